The molecule has 0 radical (unpaired) electrons. The maximum absolute atomic E-state index is 13.5. The van der Waals surface area contributed by atoms with E-state index >= 15 is 0 Å². The molecule has 2 nitrogen and oxygen atoms in total. The number of benzene rings is 1. The number of hydrogen-bond donors (Lipinski definition) is 1. The maximum Gasteiger partial charge on any atom is 0.131 e. The second-order valence-corrected chi connectivity index (χ2v) is 4.18. The fourth-order valence-electron chi connectivity index (χ4n) is 1.23. The van der Waals surface area contributed by atoms with Crippen molar-refractivity contribution in [2.75, 3.05) is 6.61 Å². The zero-order valence-corrected chi connectivity index (χ0v) is 9.46. The van der Waals surface area contributed by atoms with E-state index in [-0.39, 0.29) is 11.9 Å². The molecule has 0 aliphatic heterocycles. The van der Waals surface area contributed by atoms with Gasteiger partial charge in [-0.15, -0.1) is 0 Å². The average Bonchev–Trinajstić information content (AvgIpc) is 2.14. The Labute approximate surface area is 90.2 Å². The van der Waals surface area contributed by atoms with Crippen LogP contribution >= 0.6 is 0 Å². The number of halogens is 1. The van der Waals surface area contributed by atoms with Crippen molar-refractivity contribution < 1.29 is 9.13 Å². The van der Waals surface area contributed by atoms with Crippen LogP contribution in [0.15, 0.2) is 18.2 Å². The molecule has 1 atom stereocenters. The molecule has 1 aromatic rings. The highest BCUT2D eigenvalue weighted by Gasteiger charge is 2.08. The first-order valence-corrected chi connectivity index (χ1v) is 5.18. The van der Waals surface area contributed by atoms with Crippen LogP contribution in [0.5, 0.6) is 5.75 Å². The van der Waals surface area contributed by atoms with Crippen LogP contribution in [0, 0.1) is 11.7 Å². The number of ether oxygens (including phenoxy) is 1. The molecule has 0 aliphatic rings. The van der Waals surface area contributed by atoms with E-state index in [1.54, 1.807) is 19.1 Å². The Bertz CT molecular complexity index is 323. The van der Waals surface area contributed by atoms with E-state index in [4.69, 9.17) is 10.5 Å². The summed E-state index contributed by atoms with van der Waals surface area (Å²) in [7, 11) is 0. The van der Waals surface area contributed by atoms with Crippen LogP contribution in [-0.4, -0.2) is 6.61 Å². The van der Waals surface area contributed by atoms with Gasteiger partial charge < -0.3 is 10.5 Å². The molecule has 0 heterocycles. The fourth-order valence-corrected chi connectivity index (χ4v) is 1.23. The van der Waals surface area contributed by atoms with Gasteiger partial charge in [0.05, 0.1) is 6.61 Å². The Balaban J connectivity index is 2.73. The molecule has 0 unspecified atom stereocenters. The van der Waals surface area contributed by atoms with Crippen molar-refractivity contribution in [3.05, 3.63) is 29.6 Å². The molecular weight excluding hydrogens is 193 g/mol. The highest BCUT2D eigenvalue weighted by Crippen LogP contribution is 2.20. The Kier molecular flexibility index (Phi) is 4.09. The molecule has 0 fully saturated rings. The predicted molar refractivity (Wildman–Crippen MR) is 59.3 cm³/mol. The van der Waals surface area contributed by atoms with Gasteiger partial charge in [0.1, 0.15) is 11.6 Å². The zero-order valence-electron chi connectivity index (χ0n) is 9.46. The molecule has 0 bridgehead atoms. The van der Waals surface area contributed by atoms with Crippen LogP contribution in [0.25, 0.3) is 0 Å². The number of hydrogen-bond acceptors (Lipinski definition) is 2. The summed E-state index contributed by atoms with van der Waals surface area (Å²) in [6.45, 7) is 6.45. The lowest BCUT2D eigenvalue weighted by Crippen LogP contribution is -2.08. The summed E-state index contributed by atoms with van der Waals surface area (Å²) in [4.78, 5) is 0. The number of rotatable bonds is 4. The Hall–Kier alpha value is -1.09. The lowest BCUT2D eigenvalue weighted by molar-refractivity contribution is 0.269. The molecule has 0 aromatic heterocycles. The van der Waals surface area contributed by atoms with Crippen molar-refractivity contribution in [2.45, 2.75) is 26.8 Å². The van der Waals surface area contributed by atoms with Gasteiger partial charge in [-0.05, 0) is 18.9 Å². The van der Waals surface area contributed by atoms with Crippen molar-refractivity contribution in [2.24, 2.45) is 11.7 Å². The summed E-state index contributed by atoms with van der Waals surface area (Å²) in [5, 5.41) is 0. The van der Waals surface area contributed by atoms with E-state index in [1.807, 2.05) is 13.8 Å². The van der Waals surface area contributed by atoms with E-state index in [0.29, 0.717) is 23.8 Å². The fraction of sp³-hybridized carbons (Fsp3) is 0.500. The van der Waals surface area contributed by atoms with Crippen molar-refractivity contribution in [3.8, 4) is 5.75 Å². The minimum Gasteiger partial charge on any atom is -0.493 e. The minimum absolute atomic E-state index is 0.288. The second-order valence-electron chi connectivity index (χ2n) is 4.18. The van der Waals surface area contributed by atoms with Crippen molar-refractivity contribution in [1.82, 2.24) is 0 Å². The van der Waals surface area contributed by atoms with Gasteiger partial charge in [-0.2, -0.15) is 0 Å². The minimum atomic E-state index is -0.300. The largest absolute Gasteiger partial charge is 0.493 e. The third-order valence-electron chi connectivity index (χ3n) is 2.05. The van der Waals surface area contributed by atoms with Gasteiger partial charge >= 0.3 is 0 Å². The summed E-state index contributed by atoms with van der Waals surface area (Å²) >= 11 is 0. The summed E-state index contributed by atoms with van der Waals surface area (Å²) in [6.07, 6.45) is 0. The highest BCUT2D eigenvalue weighted by atomic mass is 19.1. The standard InChI is InChI=1S/C12H18FNO/c1-8(2)7-15-10-4-5-11(9(3)14)12(13)6-10/h4-6,8-9H,7,14H2,1-3H3/t9-/m0/s1. The van der Waals surface area contributed by atoms with Gasteiger partial charge in [-0.3, -0.25) is 0 Å². The number of nitrogens with two attached hydrogens (primary N) is 1. The van der Waals surface area contributed by atoms with E-state index < -0.39 is 0 Å². The van der Waals surface area contributed by atoms with Gasteiger partial charge in [-0.1, -0.05) is 19.9 Å². The molecule has 0 saturated heterocycles. The van der Waals surface area contributed by atoms with Crippen molar-refractivity contribution in [3.63, 3.8) is 0 Å². The normalized spacial score (nSPS) is 12.9. The second kappa shape index (κ2) is 5.12. The van der Waals surface area contributed by atoms with Crippen LogP contribution in [-0.2, 0) is 0 Å². The van der Waals surface area contributed by atoms with Crippen LogP contribution in [0.2, 0.25) is 0 Å². The molecule has 15 heavy (non-hydrogen) atoms. The molecule has 1 rings (SSSR count). The van der Waals surface area contributed by atoms with Crippen molar-refractivity contribution in [1.29, 1.82) is 0 Å². The maximum atomic E-state index is 13.5. The van der Waals surface area contributed by atoms with E-state index in [0.717, 1.165) is 0 Å². The highest BCUT2D eigenvalue weighted by molar-refractivity contribution is 5.30. The third kappa shape index (κ3) is 3.51. The first-order chi connectivity index (χ1) is 7.00. The summed E-state index contributed by atoms with van der Waals surface area (Å²) < 4.78 is 18.9. The Morgan fingerprint density at radius 1 is 1.33 bits per heavy atom. The summed E-state index contributed by atoms with van der Waals surface area (Å²) in [5.74, 6) is 0.693. The summed E-state index contributed by atoms with van der Waals surface area (Å²) in [6, 6.07) is 4.53. The topological polar surface area (TPSA) is 35.2 Å². The van der Waals surface area contributed by atoms with Crippen LogP contribution < -0.4 is 10.5 Å². The third-order valence-corrected chi connectivity index (χ3v) is 2.05. The Morgan fingerprint density at radius 2 is 2.00 bits per heavy atom. The first-order valence-electron chi connectivity index (χ1n) is 5.18. The molecule has 1 aromatic carbocycles. The smallest absolute Gasteiger partial charge is 0.131 e. The predicted octanol–water partition coefficient (Wildman–Crippen LogP) is 2.88. The van der Waals surface area contributed by atoms with Gasteiger partial charge in [-0.25, -0.2) is 4.39 Å². The molecule has 3 heteroatoms. The van der Waals surface area contributed by atoms with Crippen LogP contribution in [0.4, 0.5) is 4.39 Å². The summed E-state index contributed by atoms with van der Waals surface area (Å²) in [5.41, 5.74) is 6.13. The molecular formula is C12H18FNO. The van der Waals surface area contributed by atoms with Gasteiger partial charge in [0.25, 0.3) is 0 Å². The van der Waals surface area contributed by atoms with E-state index in [9.17, 15) is 4.39 Å². The van der Waals surface area contributed by atoms with Crippen molar-refractivity contribution >= 4 is 0 Å². The molecule has 0 spiro atoms. The first kappa shape index (κ1) is 12.0. The zero-order chi connectivity index (χ0) is 11.4. The lowest BCUT2D eigenvalue weighted by Gasteiger charge is -2.11. The van der Waals surface area contributed by atoms with Crippen LogP contribution in [0.1, 0.15) is 32.4 Å². The molecule has 0 saturated carbocycles. The quantitative estimate of drug-likeness (QED) is 0.831. The molecule has 0 amide bonds. The van der Waals surface area contributed by atoms with E-state index in [1.165, 1.54) is 6.07 Å². The monoisotopic (exact) mass is 211 g/mol. The van der Waals surface area contributed by atoms with Gasteiger partial charge in [0, 0.05) is 17.7 Å². The van der Waals surface area contributed by atoms with E-state index in [2.05, 4.69) is 0 Å². The molecule has 2 N–H and O–H groups in total. The average molecular weight is 211 g/mol. The SMILES string of the molecule is CC(C)COc1ccc([C@H](C)N)c(F)c1. The Morgan fingerprint density at radius 3 is 2.47 bits per heavy atom. The lowest BCUT2D eigenvalue weighted by atomic mass is 10.1. The van der Waals surface area contributed by atoms with Gasteiger partial charge in [0.2, 0.25) is 0 Å². The molecule has 0 aliphatic carbocycles. The molecule has 84 valence electrons. The van der Waals surface area contributed by atoms with Crippen LogP contribution in [0.3, 0.4) is 0 Å². The van der Waals surface area contributed by atoms with Gasteiger partial charge in [0.15, 0.2) is 0 Å².